The van der Waals surface area contributed by atoms with Crippen LogP contribution >= 0.6 is 0 Å². The van der Waals surface area contributed by atoms with Crippen LogP contribution < -0.4 is 5.43 Å². The van der Waals surface area contributed by atoms with Gasteiger partial charge in [-0.15, -0.1) is 0 Å². The molecule has 26 heavy (non-hydrogen) atoms. The Morgan fingerprint density at radius 1 is 0.962 bits per heavy atom. The Morgan fingerprint density at radius 3 is 2.15 bits per heavy atom. The number of carbonyl (C=O) groups excluding carboxylic acids is 1. The summed E-state index contributed by atoms with van der Waals surface area (Å²) >= 11 is 0. The van der Waals surface area contributed by atoms with Crippen LogP contribution in [0.5, 0.6) is 0 Å². The van der Waals surface area contributed by atoms with Gasteiger partial charge in [0.05, 0.1) is 23.8 Å². The molecule has 0 aliphatic rings. The summed E-state index contributed by atoms with van der Waals surface area (Å²) in [7, 11) is 1.75. The maximum Gasteiger partial charge on any atom is 0.242 e. The van der Waals surface area contributed by atoms with Gasteiger partial charge < -0.3 is 13.9 Å². The highest BCUT2D eigenvalue weighted by Crippen LogP contribution is 2.19. The lowest BCUT2D eigenvalue weighted by atomic mass is 10.1. The van der Waals surface area contributed by atoms with E-state index in [1.54, 1.807) is 36.4 Å². The lowest BCUT2D eigenvalue weighted by Crippen LogP contribution is -2.30. The van der Waals surface area contributed by atoms with Gasteiger partial charge >= 0.3 is 0 Å². The van der Waals surface area contributed by atoms with Crippen molar-refractivity contribution in [3.05, 3.63) is 82.9 Å². The molecule has 0 bridgehead atoms. The van der Waals surface area contributed by atoms with Gasteiger partial charge in [0.25, 0.3) is 0 Å². The summed E-state index contributed by atoms with van der Waals surface area (Å²) in [5, 5.41) is 1.24. The second-order valence-corrected chi connectivity index (χ2v) is 6.28. The predicted octanol–water partition coefficient (Wildman–Crippen LogP) is 3.41. The number of likely N-dealkylation sites (N-methyl/N-ethyl adjacent to an activating group) is 1. The van der Waals surface area contributed by atoms with Gasteiger partial charge in [-0.1, -0.05) is 24.3 Å². The molecule has 4 rings (SSSR count). The quantitative estimate of drug-likeness (QED) is 0.532. The van der Waals surface area contributed by atoms with E-state index in [4.69, 9.17) is 4.42 Å². The third kappa shape index (κ3) is 2.77. The summed E-state index contributed by atoms with van der Waals surface area (Å²) in [6.45, 7) is 0.556. The maximum atomic E-state index is 12.8. The molecule has 2 aromatic heterocycles. The highest BCUT2D eigenvalue weighted by Gasteiger charge is 2.16. The van der Waals surface area contributed by atoms with Crippen molar-refractivity contribution in [2.24, 2.45) is 0 Å². The second kappa shape index (κ2) is 6.52. The number of hydrogen-bond donors (Lipinski definition) is 0. The molecule has 0 atom stereocenters. The molecule has 0 N–H and O–H groups in total. The van der Waals surface area contributed by atoms with E-state index in [0.29, 0.717) is 17.3 Å². The Hall–Kier alpha value is -3.34. The second-order valence-electron chi connectivity index (χ2n) is 6.28. The van der Waals surface area contributed by atoms with E-state index >= 15 is 0 Å². The van der Waals surface area contributed by atoms with Crippen molar-refractivity contribution >= 4 is 27.7 Å². The number of pyridine rings is 1. The van der Waals surface area contributed by atoms with Crippen LogP contribution in [0.15, 0.2) is 76.1 Å². The monoisotopic (exact) mass is 346 g/mol. The van der Waals surface area contributed by atoms with Crippen molar-refractivity contribution in [1.82, 2.24) is 9.47 Å². The van der Waals surface area contributed by atoms with Crippen LogP contribution in [0.1, 0.15) is 5.76 Å². The topological polar surface area (TPSA) is 55.5 Å². The van der Waals surface area contributed by atoms with Crippen molar-refractivity contribution in [2.45, 2.75) is 13.1 Å². The van der Waals surface area contributed by atoms with Gasteiger partial charge in [0.1, 0.15) is 12.3 Å². The normalized spacial score (nSPS) is 11.1. The number of benzene rings is 2. The molecule has 5 heteroatoms. The number of para-hydroxylation sites is 2. The molecule has 4 aromatic rings. The number of hydrogen-bond acceptors (Lipinski definition) is 3. The van der Waals surface area contributed by atoms with Crippen LogP contribution in [-0.4, -0.2) is 22.4 Å². The molecular formula is C21H18N2O3. The van der Waals surface area contributed by atoms with Gasteiger partial charge in [-0.05, 0) is 36.4 Å². The van der Waals surface area contributed by atoms with Gasteiger partial charge in [-0.3, -0.25) is 9.59 Å². The number of aromatic nitrogens is 1. The SMILES string of the molecule is CN(Cc1ccco1)C(=O)Cn1c2ccccc2c(=O)c2ccccc21. The molecule has 0 aliphatic carbocycles. The maximum absolute atomic E-state index is 12.8. The Kier molecular flexibility index (Phi) is 4.05. The molecule has 2 aromatic carbocycles. The molecule has 0 aliphatic heterocycles. The summed E-state index contributed by atoms with van der Waals surface area (Å²) in [6.07, 6.45) is 1.59. The van der Waals surface area contributed by atoms with E-state index in [1.165, 1.54) is 0 Å². The minimum Gasteiger partial charge on any atom is -0.467 e. The average molecular weight is 346 g/mol. The highest BCUT2D eigenvalue weighted by molar-refractivity contribution is 5.94. The number of furan rings is 1. The number of fused-ring (bicyclic) bond motifs is 2. The van der Waals surface area contributed by atoms with Gasteiger partial charge in [0.2, 0.25) is 5.91 Å². The molecule has 0 fully saturated rings. The van der Waals surface area contributed by atoms with E-state index in [2.05, 4.69) is 0 Å². The first-order valence-electron chi connectivity index (χ1n) is 8.42. The fraction of sp³-hybridized carbons (Fsp3) is 0.143. The number of nitrogens with zero attached hydrogens (tertiary/aromatic N) is 2. The van der Waals surface area contributed by atoms with Crippen LogP contribution in [0.4, 0.5) is 0 Å². The van der Waals surface area contributed by atoms with E-state index < -0.39 is 0 Å². The summed E-state index contributed by atoms with van der Waals surface area (Å²) in [5.41, 5.74) is 1.51. The van der Waals surface area contributed by atoms with Crippen LogP contribution in [0.25, 0.3) is 21.8 Å². The first-order chi connectivity index (χ1) is 12.6. The van der Waals surface area contributed by atoms with E-state index in [1.807, 2.05) is 47.0 Å². The van der Waals surface area contributed by atoms with Crippen LogP contribution in [0.2, 0.25) is 0 Å². The minimum atomic E-state index is -0.0552. The number of amides is 1. The zero-order valence-corrected chi connectivity index (χ0v) is 14.4. The molecule has 0 saturated carbocycles. The molecule has 0 radical (unpaired) electrons. The third-order valence-corrected chi connectivity index (χ3v) is 4.57. The summed E-state index contributed by atoms with van der Waals surface area (Å²) < 4.78 is 7.23. The molecule has 0 unspecified atom stereocenters. The minimum absolute atomic E-state index is 0.0103. The van der Waals surface area contributed by atoms with Crippen molar-refractivity contribution in [1.29, 1.82) is 0 Å². The Labute approximate surface area is 150 Å². The van der Waals surface area contributed by atoms with Gasteiger partial charge in [0, 0.05) is 17.8 Å². The average Bonchev–Trinajstić information content (AvgIpc) is 3.18. The third-order valence-electron chi connectivity index (χ3n) is 4.57. The van der Waals surface area contributed by atoms with Gasteiger partial charge in [-0.25, -0.2) is 0 Å². The van der Waals surface area contributed by atoms with Crippen LogP contribution in [0, 0.1) is 0 Å². The van der Waals surface area contributed by atoms with Crippen LogP contribution in [0.3, 0.4) is 0 Å². The smallest absolute Gasteiger partial charge is 0.242 e. The first kappa shape index (κ1) is 16.1. The lowest BCUT2D eigenvalue weighted by molar-refractivity contribution is -0.131. The van der Waals surface area contributed by atoms with Gasteiger partial charge in [-0.2, -0.15) is 0 Å². The Bertz CT molecular complexity index is 1080. The molecular weight excluding hydrogens is 328 g/mol. The highest BCUT2D eigenvalue weighted by atomic mass is 16.3. The van der Waals surface area contributed by atoms with E-state index in [9.17, 15) is 9.59 Å². The fourth-order valence-corrected chi connectivity index (χ4v) is 3.23. The Morgan fingerprint density at radius 2 is 1.58 bits per heavy atom. The molecule has 130 valence electrons. The van der Waals surface area contributed by atoms with Crippen molar-refractivity contribution in [3.8, 4) is 0 Å². The molecule has 0 spiro atoms. The predicted molar refractivity (Wildman–Crippen MR) is 101 cm³/mol. The van der Waals surface area contributed by atoms with Crippen molar-refractivity contribution < 1.29 is 9.21 Å². The van der Waals surface area contributed by atoms with Crippen molar-refractivity contribution in [3.63, 3.8) is 0 Å². The van der Waals surface area contributed by atoms with E-state index in [-0.39, 0.29) is 17.9 Å². The van der Waals surface area contributed by atoms with E-state index in [0.717, 1.165) is 16.8 Å². The standard InChI is InChI=1S/C21H18N2O3/c1-22(13-15-7-6-12-26-15)20(24)14-23-18-10-4-2-8-16(18)21(25)17-9-3-5-11-19(17)23/h2-12H,13-14H2,1H3. The molecule has 5 nitrogen and oxygen atoms in total. The number of rotatable bonds is 4. The lowest BCUT2D eigenvalue weighted by Gasteiger charge is -2.19. The van der Waals surface area contributed by atoms with Crippen molar-refractivity contribution in [2.75, 3.05) is 7.05 Å². The number of carbonyl (C=O) groups is 1. The first-order valence-corrected chi connectivity index (χ1v) is 8.42. The summed E-state index contributed by atoms with van der Waals surface area (Å²) in [4.78, 5) is 27.2. The van der Waals surface area contributed by atoms with Crippen LogP contribution in [-0.2, 0) is 17.9 Å². The largest absolute Gasteiger partial charge is 0.467 e. The summed E-state index contributed by atoms with van der Waals surface area (Å²) in [6, 6.07) is 18.4. The Balaban J connectivity index is 1.78. The zero-order valence-electron chi connectivity index (χ0n) is 14.4. The molecule has 1 amide bonds. The summed E-state index contributed by atoms with van der Waals surface area (Å²) in [5.74, 6) is 0.677. The van der Waals surface area contributed by atoms with Gasteiger partial charge in [0.15, 0.2) is 5.43 Å². The molecule has 0 saturated heterocycles. The fourth-order valence-electron chi connectivity index (χ4n) is 3.23. The molecule has 2 heterocycles. The zero-order chi connectivity index (χ0) is 18.1.